The SMILES string of the molecule is CC(C)(C)OC(=O)N[C@H](C(=O)N[C@@H]1CN(C(=O)c2cccn3cncc23)CC[C@H]1c1cccc(Cl)c1)C(C)(C)C. The third-order valence-electron chi connectivity index (χ3n) is 6.98. The quantitative estimate of drug-likeness (QED) is 0.449. The number of pyridine rings is 1. The molecule has 0 aliphatic carbocycles. The van der Waals surface area contributed by atoms with E-state index in [0.717, 1.165) is 11.1 Å². The van der Waals surface area contributed by atoms with Gasteiger partial charge in [0.1, 0.15) is 11.6 Å². The summed E-state index contributed by atoms with van der Waals surface area (Å²) in [5.41, 5.74) is 0.942. The molecule has 3 aromatic rings. The molecule has 3 heterocycles. The van der Waals surface area contributed by atoms with Crippen LogP contribution in [0.2, 0.25) is 5.02 Å². The highest BCUT2D eigenvalue weighted by Crippen LogP contribution is 2.32. The monoisotopic (exact) mass is 567 g/mol. The zero-order valence-corrected chi connectivity index (χ0v) is 24.7. The molecule has 214 valence electrons. The number of rotatable bonds is 5. The summed E-state index contributed by atoms with van der Waals surface area (Å²) < 4.78 is 7.24. The Hall–Kier alpha value is -3.59. The average molecular weight is 568 g/mol. The van der Waals surface area contributed by atoms with Crippen LogP contribution < -0.4 is 10.6 Å². The lowest BCUT2D eigenvalue weighted by atomic mass is 9.83. The lowest BCUT2D eigenvalue weighted by Crippen LogP contribution is -2.60. The number of ether oxygens (including phenoxy) is 1. The summed E-state index contributed by atoms with van der Waals surface area (Å²) in [6, 6.07) is 9.90. The van der Waals surface area contributed by atoms with Crippen LogP contribution in [0.3, 0.4) is 0 Å². The Morgan fingerprint density at radius 2 is 1.85 bits per heavy atom. The Morgan fingerprint density at radius 1 is 1.10 bits per heavy atom. The number of fused-ring (bicyclic) bond motifs is 1. The van der Waals surface area contributed by atoms with Gasteiger partial charge in [0.15, 0.2) is 0 Å². The minimum atomic E-state index is -0.867. The number of hydrogen-bond donors (Lipinski definition) is 2. The molecule has 3 atom stereocenters. The molecule has 1 saturated heterocycles. The number of alkyl carbamates (subject to hydrolysis) is 1. The predicted molar refractivity (Wildman–Crippen MR) is 154 cm³/mol. The van der Waals surface area contributed by atoms with Gasteiger partial charge in [-0.1, -0.05) is 44.5 Å². The molecule has 3 amide bonds. The van der Waals surface area contributed by atoms with Gasteiger partial charge < -0.3 is 24.7 Å². The van der Waals surface area contributed by atoms with Gasteiger partial charge in [-0.25, -0.2) is 9.78 Å². The van der Waals surface area contributed by atoms with Gasteiger partial charge in [-0.15, -0.1) is 0 Å². The summed E-state index contributed by atoms with van der Waals surface area (Å²) in [7, 11) is 0. The molecular formula is C30H38ClN5O4. The summed E-state index contributed by atoms with van der Waals surface area (Å²) in [5, 5.41) is 6.53. The summed E-state index contributed by atoms with van der Waals surface area (Å²) in [6.07, 6.45) is 5.13. The maximum absolute atomic E-state index is 13.8. The zero-order valence-electron chi connectivity index (χ0n) is 23.9. The lowest BCUT2D eigenvalue weighted by Gasteiger charge is -2.41. The molecule has 0 bridgehead atoms. The fourth-order valence-electron chi connectivity index (χ4n) is 5.09. The van der Waals surface area contributed by atoms with E-state index in [1.54, 1.807) is 44.3 Å². The van der Waals surface area contributed by atoms with Crippen molar-refractivity contribution >= 4 is 35.0 Å². The number of carbonyl (C=O) groups is 3. The first-order valence-corrected chi connectivity index (χ1v) is 13.9. The molecule has 1 aromatic carbocycles. The van der Waals surface area contributed by atoms with E-state index in [2.05, 4.69) is 15.6 Å². The van der Waals surface area contributed by atoms with Gasteiger partial charge in [0, 0.05) is 30.2 Å². The number of halogens is 1. The number of nitrogens with one attached hydrogen (secondary N) is 2. The van der Waals surface area contributed by atoms with Gasteiger partial charge in [-0.2, -0.15) is 0 Å². The molecule has 0 spiro atoms. The van der Waals surface area contributed by atoms with Crippen LogP contribution in [0, 0.1) is 5.41 Å². The fraction of sp³-hybridized carbons (Fsp3) is 0.467. The van der Waals surface area contributed by atoms with Crippen LogP contribution in [0.15, 0.2) is 55.1 Å². The number of aromatic nitrogens is 2. The first kappa shape index (κ1) is 29.4. The van der Waals surface area contributed by atoms with Crippen LogP contribution in [-0.2, 0) is 9.53 Å². The summed E-state index contributed by atoms with van der Waals surface area (Å²) in [6.45, 7) is 11.8. The number of hydrogen-bond acceptors (Lipinski definition) is 5. The Bertz CT molecular complexity index is 1390. The van der Waals surface area contributed by atoms with Gasteiger partial charge in [0.25, 0.3) is 5.91 Å². The number of imidazole rings is 1. The maximum Gasteiger partial charge on any atom is 0.408 e. The highest BCUT2D eigenvalue weighted by atomic mass is 35.5. The topological polar surface area (TPSA) is 105 Å². The second kappa shape index (κ2) is 11.5. The predicted octanol–water partition coefficient (Wildman–Crippen LogP) is 5.04. The minimum Gasteiger partial charge on any atom is -0.444 e. The normalized spacial score (nSPS) is 18.7. The van der Waals surface area contributed by atoms with Crippen LogP contribution in [0.1, 0.15) is 69.8 Å². The van der Waals surface area contributed by atoms with E-state index in [4.69, 9.17) is 16.3 Å². The first-order chi connectivity index (χ1) is 18.7. The first-order valence-electron chi connectivity index (χ1n) is 13.5. The van der Waals surface area contributed by atoms with Crippen LogP contribution >= 0.6 is 11.6 Å². The smallest absolute Gasteiger partial charge is 0.408 e. The molecule has 2 N–H and O–H groups in total. The van der Waals surface area contributed by atoms with E-state index in [0.29, 0.717) is 30.1 Å². The molecule has 1 fully saturated rings. The number of benzene rings is 1. The molecule has 9 nitrogen and oxygen atoms in total. The number of carbonyl (C=O) groups excluding carboxylic acids is 3. The van der Waals surface area contributed by atoms with Crippen molar-refractivity contribution in [3.63, 3.8) is 0 Å². The van der Waals surface area contributed by atoms with Crippen molar-refractivity contribution in [2.75, 3.05) is 13.1 Å². The van der Waals surface area contributed by atoms with E-state index < -0.39 is 29.2 Å². The van der Waals surface area contributed by atoms with E-state index in [-0.39, 0.29) is 17.7 Å². The largest absolute Gasteiger partial charge is 0.444 e. The standard InChI is InChI=1S/C30H38ClN5O4/c1-29(2,3)25(34-28(39)40-30(4,5)6)26(37)33-23-17-35(14-12-21(23)19-9-7-10-20(31)15-19)27(38)22-11-8-13-36-18-32-16-24(22)36/h7-11,13,15-16,18,21,23,25H,12,14,17H2,1-6H3,(H,33,37)(H,34,39)/t21-,23+,25+/m0/s1. The van der Waals surface area contributed by atoms with E-state index in [1.165, 1.54) is 0 Å². The summed E-state index contributed by atoms with van der Waals surface area (Å²) >= 11 is 6.32. The number of amides is 3. The van der Waals surface area contributed by atoms with Crippen molar-refractivity contribution in [1.82, 2.24) is 24.9 Å². The summed E-state index contributed by atoms with van der Waals surface area (Å²) in [5.74, 6) is -0.559. The van der Waals surface area contributed by atoms with E-state index in [9.17, 15) is 14.4 Å². The highest BCUT2D eigenvalue weighted by molar-refractivity contribution is 6.30. The van der Waals surface area contributed by atoms with Crippen molar-refractivity contribution in [2.45, 2.75) is 71.6 Å². The minimum absolute atomic E-state index is 0.0837. The van der Waals surface area contributed by atoms with Crippen LogP contribution in [0.4, 0.5) is 4.79 Å². The van der Waals surface area contributed by atoms with Crippen molar-refractivity contribution in [1.29, 1.82) is 0 Å². The molecule has 1 aliphatic rings. The van der Waals surface area contributed by atoms with Crippen LogP contribution in [-0.4, -0.2) is 63.0 Å². The number of likely N-dealkylation sites (tertiary alicyclic amines) is 1. The van der Waals surface area contributed by atoms with E-state index >= 15 is 0 Å². The molecule has 10 heteroatoms. The molecule has 0 saturated carbocycles. The average Bonchev–Trinajstić information content (AvgIpc) is 3.34. The Morgan fingerprint density at radius 3 is 2.52 bits per heavy atom. The molecule has 0 radical (unpaired) electrons. The second-order valence-electron chi connectivity index (χ2n) is 12.4. The van der Waals surface area contributed by atoms with Gasteiger partial charge in [-0.05, 0) is 62.4 Å². The van der Waals surface area contributed by atoms with Crippen LogP contribution in [0.5, 0.6) is 0 Å². The molecule has 2 aromatic heterocycles. The third kappa shape index (κ3) is 6.94. The van der Waals surface area contributed by atoms with Crippen molar-refractivity contribution in [2.24, 2.45) is 5.41 Å². The zero-order chi connectivity index (χ0) is 29.2. The van der Waals surface area contributed by atoms with Gasteiger partial charge in [0.2, 0.25) is 5.91 Å². The second-order valence-corrected chi connectivity index (χ2v) is 12.8. The van der Waals surface area contributed by atoms with Gasteiger partial charge in [0.05, 0.1) is 29.6 Å². The molecule has 4 rings (SSSR count). The molecule has 1 aliphatic heterocycles. The third-order valence-corrected chi connectivity index (χ3v) is 7.21. The van der Waals surface area contributed by atoms with Crippen LogP contribution in [0.25, 0.3) is 5.52 Å². The fourth-order valence-corrected chi connectivity index (χ4v) is 5.29. The molecule has 0 unspecified atom stereocenters. The van der Waals surface area contributed by atoms with Crippen molar-refractivity contribution < 1.29 is 19.1 Å². The Balaban J connectivity index is 1.60. The Kier molecular flexibility index (Phi) is 8.44. The lowest BCUT2D eigenvalue weighted by molar-refractivity contribution is -0.126. The molecular weight excluding hydrogens is 530 g/mol. The maximum atomic E-state index is 13.8. The van der Waals surface area contributed by atoms with Gasteiger partial charge in [-0.3, -0.25) is 9.59 Å². The van der Waals surface area contributed by atoms with Gasteiger partial charge >= 0.3 is 6.09 Å². The molecule has 40 heavy (non-hydrogen) atoms. The number of piperidine rings is 1. The van der Waals surface area contributed by atoms with Crippen molar-refractivity contribution in [3.8, 4) is 0 Å². The van der Waals surface area contributed by atoms with Crippen molar-refractivity contribution in [3.05, 3.63) is 71.3 Å². The summed E-state index contributed by atoms with van der Waals surface area (Å²) in [4.78, 5) is 46.0. The Labute approximate surface area is 240 Å². The number of nitrogens with zero attached hydrogens (tertiary/aromatic N) is 3. The van der Waals surface area contributed by atoms with E-state index in [1.807, 2.05) is 61.7 Å². The highest BCUT2D eigenvalue weighted by Gasteiger charge is 2.39.